The fourth-order valence-corrected chi connectivity index (χ4v) is 3.17. The van der Waals surface area contributed by atoms with Crippen molar-refractivity contribution in [2.45, 2.75) is 13.0 Å². The van der Waals surface area contributed by atoms with Crippen LogP contribution in [0.15, 0.2) is 53.9 Å². The van der Waals surface area contributed by atoms with Crippen LogP contribution in [0, 0.1) is 0 Å². The molecule has 4 nitrogen and oxygen atoms in total. The Morgan fingerprint density at radius 3 is 2.60 bits per heavy atom. The molecule has 0 aliphatic heterocycles. The molecule has 0 bridgehead atoms. The van der Waals surface area contributed by atoms with Crippen LogP contribution in [-0.4, -0.2) is 17.0 Å². The van der Waals surface area contributed by atoms with Gasteiger partial charge in [-0.2, -0.15) is 0 Å². The lowest BCUT2D eigenvalue weighted by Crippen LogP contribution is -2.30. The van der Waals surface area contributed by atoms with Crippen molar-refractivity contribution in [3.63, 3.8) is 0 Å². The third-order valence-electron chi connectivity index (χ3n) is 3.38. The molecule has 0 unspecified atom stereocenters. The third kappa shape index (κ3) is 4.51. The van der Waals surface area contributed by atoms with Crippen molar-refractivity contribution in [3.8, 4) is 17.0 Å². The lowest BCUT2D eigenvalue weighted by molar-refractivity contribution is -0.122. The first-order chi connectivity index (χ1) is 12.0. The molecule has 1 amide bonds. The molecule has 128 valence electrons. The van der Waals surface area contributed by atoms with Crippen molar-refractivity contribution < 1.29 is 9.53 Å². The minimum absolute atomic E-state index is 0.282. The molecular weight excluding hydrogens is 379 g/mol. The van der Waals surface area contributed by atoms with E-state index in [-0.39, 0.29) is 5.91 Å². The number of aromatic nitrogens is 1. The van der Waals surface area contributed by atoms with Crippen LogP contribution in [0.25, 0.3) is 11.3 Å². The van der Waals surface area contributed by atoms with E-state index in [1.807, 2.05) is 23.6 Å². The Morgan fingerprint density at radius 2 is 1.88 bits per heavy atom. The number of carbonyl (C=O) groups is 1. The Hall–Kier alpha value is -2.08. The zero-order chi connectivity index (χ0) is 17.8. The van der Waals surface area contributed by atoms with Gasteiger partial charge < -0.3 is 4.74 Å². The fourth-order valence-electron chi connectivity index (χ4n) is 2.10. The number of ether oxygens (including phenoxy) is 1. The van der Waals surface area contributed by atoms with Crippen molar-refractivity contribution in [1.82, 2.24) is 4.98 Å². The largest absolute Gasteiger partial charge is 0.481 e. The van der Waals surface area contributed by atoms with E-state index in [4.69, 9.17) is 27.9 Å². The third-order valence-corrected chi connectivity index (χ3v) is 4.72. The van der Waals surface area contributed by atoms with E-state index in [1.165, 1.54) is 11.3 Å². The van der Waals surface area contributed by atoms with Crippen LogP contribution in [0.5, 0.6) is 5.75 Å². The van der Waals surface area contributed by atoms with Gasteiger partial charge in [0.1, 0.15) is 5.75 Å². The number of anilines is 1. The maximum Gasteiger partial charge on any atom is 0.266 e. The van der Waals surface area contributed by atoms with Gasteiger partial charge in [0.15, 0.2) is 11.2 Å². The smallest absolute Gasteiger partial charge is 0.266 e. The van der Waals surface area contributed by atoms with E-state index in [1.54, 1.807) is 37.3 Å². The Labute approximate surface area is 159 Å². The molecule has 25 heavy (non-hydrogen) atoms. The van der Waals surface area contributed by atoms with Crippen LogP contribution in [0.1, 0.15) is 6.92 Å². The van der Waals surface area contributed by atoms with Crippen molar-refractivity contribution in [2.75, 3.05) is 5.32 Å². The molecule has 7 heteroatoms. The van der Waals surface area contributed by atoms with Gasteiger partial charge in [0.2, 0.25) is 0 Å². The second-order valence-corrected chi connectivity index (χ2v) is 6.92. The van der Waals surface area contributed by atoms with Gasteiger partial charge in [0.05, 0.1) is 5.69 Å². The minimum atomic E-state index is -0.672. The summed E-state index contributed by atoms with van der Waals surface area (Å²) >= 11 is 13.3. The fraction of sp³-hybridized carbons (Fsp3) is 0.111. The summed E-state index contributed by atoms with van der Waals surface area (Å²) in [4.78, 5) is 16.7. The first kappa shape index (κ1) is 17.7. The molecule has 1 aromatic heterocycles. The Balaban J connectivity index is 1.65. The molecule has 0 fully saturated rings. The predicted octanol–water partition coefficient (Wildman–Crippen LogP) is 5.52. The van der Waals surface area contributed by atoms with Crippen molar-refractivity contribution in [1.29, 1.82) is 0 Å². The molecule has 3 rings (SSSR count). The molecular formula is C18H14Cl2N2O2S. The van der Waals surface area contributed by atoms with Gasteiger partial charge >= 0.3 is 0 Å². The van der Waals surface area contributed by atoms with E-state index in [9.17, 15) is 4.79 Å². The summed E-state index contributed by atoms with van der Waals surface area (Å²) in [5.41, 5.74) is 1.54. The highest BCUT2D eigenvalue weighted by Crippen LogP contribution is 2.30. The average Bonchev–Trinajstić information content (AvgIpc) is 3.05. The van der Waals surface area contributed by atoms with Crippen molar-refractivity contribution >= 4 is 45.6 Å². The maximum atomic E-state index is 12.3. The van der Waals surface area contributed by atoms with Crippen molar-refractivity contribution in [2.24, 2.45) is 0 Å². The number of amides is 1. The van der Waals surface area contributed by atoms with E-state index < -0.39 is 6.10 Å². The van der Waals surface area contributed by atoms with Crippen LogP contribution in [0.3, 0.4) is 0 Å². The number of rotatable bonds is 5. The maximum absolute atomic E-state index is 12.3. The standard InChI is InChI=1S/C18H14Cl2N2O2S/c1-11(24-13-8-6-12(19)7-9-13)17(23)22-18-21-16(10-25-18)14-4-2-3-5-15(14)20/h2-11H,1H3,(H,21,22,23)/t11-/m1/s1. The second kappa shape index (κ2) is 7.87. The van der Waals surface area contributed by atoms with Crippen LogP contribution in [0.4, 0.5) is 5.13 Å². The molecule has 1 heterocycles. The summed E-state index contributed by atoms with van der Waals surface area (Å²) in [6, 6.07) is 14.3. The topological polar surface area (TPSA) is 51.2 Å². The van der Waals surface area contributed by atoms with E-state index in [2.05, 4.69) is 10.3 Å². The lowest BCUT2D eigenvalue weighted by atomic mass is 10.2. The van der Waals surface area contributed by atoms with Crippen LogP contribution in [-0.2, 0) is 4.79 Å². The molecule has 0 saturated heterocycles. The van der Waals surface area contributed by atoms with E-state index in [0.717, 1.165) is 11.3 Å². The number of benzene rings is 2. The highest BCUT2D eigenvalue weighted by Gasteiger charge is 2.17. The first-order valence-electron chi connectivity index (χ1n) is 7.46. The van der Waals surface area contributed by atoms with E-state index >= 15 is 0 Å². The summed E-state index contributed by atoms with van der Waals surface area (Å²) in [6.07, 6.45) is -0.672. The molecule has 0 aliphatic carbocycles. The molecule has 1 atom stereocenters. The Morgan fingerprint density at radius 1 is 1.16 bits per heavy atom. The number of thiazole rings is 1. The molecule has 0 spiro atoms. The number of nitrogens with zero attached hydrogens (tertiary/aromatic N) is 1. The number of halogens is 2. The highest BCUT2D eigenvalue weighted by molar-refractivity contribution is 7.14. The van der Waals surface area contributed by atoms with Crippen LogP contribution < -0.4 is 10.1 Å². The quantitative estimate of drug-likeness (QED) is 0.621. The van der Waals surface area contributed by atoms with Gasteiger partial charge in [-0.3, -0.25) is 10.1 Å². The zero-order valence-electron chi connectivity index (χ0n) is 13.2. The Bertz CT molecular complexity index is 881. The summed E-state index contributed by atoms with van der Waals surface area (Å²) in [6.45, 7) is 1.67. The SMILES string of the molecule is C[C@@H](Oc1ccc(Cl)cc1)C(=O)Nc1nc(-c2ccccc2Cl)cs1. The molecule has 1 N–H and O–H groups in total. The van der Waals surface area contributed by atoms with Gasteiger partial charge in [-0.15, -0.1) is 11.3 Å². The monoisotopic (exact) mass is 392 g/mol. The summed E-state index contributed by atoms with van der Waals surface area (Å²) in [5, 5.41) is 6.32. The molecule has 0 aliphatic rings. The average molecular weight is 393 g/mol. The predicted molar refractivity (Wildman–Crippen MR) is 103 cm³/mol. The summed E-state index contributed by atoms with van der Waals surface area (Å²) in [5.74, 6) is 0.290. The van der Waals surface area contributed by atoms with Gasteiger partial charge in [0.25, 0.3) is 5.91 Å². The van der Waals surface area contributed by atoms with Gasteiger partial charge in [-0.1, -0.05) is 41.4 Å². The lowest BCUT2D eigenvalue weighted by Gasteiger charge is -2.13. The normalized spacial score (nSPS) is 11.8. The summed E-state index contributed by atoms with van der Waals surface area (Å²) < 4.78 is 5.60. The van der Waals surface area contributed by atoms with Crippen LogP contribution >= 0.6 is 34.5 Å². The first-order valence-corrected chi connectivity index (χ1v) is 9.10. The van der Waals surface area contributed by atoms with Gasteiger partial charge in [-0.25, -0.2) is 4.98 Å². The van der Waals surface area contributed by atoms with Crippen LogP contribution in [0.2, 0.25) is 10.0 Å². The Kier molecular flexibility index (Phi) is 5.58. The number of hydrogen-bond acceptors (Lipinski definition) is 4. The molecule has 2 aromatic carbocycles. The minimum Gasteiger partial charge on any atom is -0.481 e. The molecule has 0 radical (unpaired) electrons. The number of carbonyl (C=O) groups excluding carboxylic acids is 1. The molecule has 3 aromatic rings. The molecule has 0 saturated carbocycles. The zero-order valence-corrected chi connectivity index (χ0v) is 15.5. The van der Waals surface area contributed by atoms with E-state index in [0.29, 0.717) is 20.9 Å². The van der Waals surface area contributed by atoms with Gasteiger partial charge in [0, 0.05) is 21.0 Å². The highest BCUT2D eigenvalue weighted by atomic mass is 35.5. The second-order valence-electron chi connectivity index (χ2n) is 5.22. The summed E-state index contributed by atoms with van der Waals surface area (Å²) in [7, 11) is 0. The van der Waals surface area contributed by atoms with Crippen molar-refractivity contribution in [3.05, 3.63) is 64.0 Å². The number of nitrogens with one attached hydrogen (secondary N) is 1. The van der Waals surface area contributed by atoms with Gasteiger partial charge in [-0.05, 0) is 37.3 Å². The number of hydrogen-bond donors (Lipinski definition) is 1.